The van der Waals surface area contributed by atoms with Crippen LogP contribution in [0.1, 0.15) is 49.9 Å². The van der Waals surface area contributed by atoms with Gasteiger partial charge in [-0.05, 0) is 41.2 Å². The van der Waals surface area contributed by atoms with Gasteiger partial charge in [-0.25, -0.2) is 4.98 Å². The fourth-order valence-corrected chi connectivity index (χ4v) is 4.93. The summed E-state index contributed by atoms with van der Waals surface area (Å²) < 4.78 is 2.48. The van der Waals surface area contributed by atoms with Crippen molar-refractivity contribution in [1.82, 2.24) is 9.55 Å². The third-order valence-corrected chi connectivity index (χ3v) is 6.64. The number of rotatable bonds is 6. The van der Waals surface area contributed by atoms with Crippen molar-refractivity contribution in [3.8, 4) is 11.1 Å². The molecule has 0 bridgehead atoms. The van der Waals surface area contributed by atoms with Crippen LogP contribution in [0.3, 0.4) is 0 Å². The maximum atomic E-state index is 5.02. The molecule has 0 N–H and O–H groups in total. The van der Waals surface area contributed by atoms with Gasteiger partial charge in [0.05, 0.1) is 11.0 Å². The van der Waals surface area contributed by atoms with Crippen LogP contribution in [-0.4, -0.2) is 9.55 Å². The third-order valence-electron chi connectivity index (χ3n) is 6.64. The lowest BCUT2D eigenvalue weighted by molar-refractivity contribution is 0.324. The van der Waals surface area contributed by atoms with Gasteiger partial charge in [-0.1, -0.05) is 98.8 Å². The van der Waals surface area contributed by atoms with E-state index in [-0.39, 0.29) is 0 Å². The molecule has 1 aliphatic rings. The predicted octanol–water partition coefficient (Wildman–Crippen LogP) is 7.26. The Balaban J connectivity index is 1.38. The van der Waals surface area contributed by atoms with Gasteiger partial charge in [-0.15, -0.1) is 0 Å². The van der Waals surface area contributed by atoms with Crippen molar-refractivity contribution in [2.45, 2.75) is 51.5 Å². The molecule has 1 heterocycles. The summed E-state index contributed by atoms with van der Waals surface area (Å²) in [4.78, 5) is 5.02. The van der Waals surface area contributed by atoms with E-state index in [1.54, 1.807) is 0 Å². The summed E-state index contributed by atoms with van der Waals surface area (Å²) in [6.07, 6.45) is 9.22. The number of fused-ring (bicyclic) bond motifs is 1. The molecule has 1 aliphatic carbocycles. The van der Waals surface area contributed by atoms with Gasteiger partial charge in [-0.3, -0.25) is 0 Å². The Morgan fingerprint density at radius 1 is 0.733 bits per heavy atom. The maximum absolute atomic E-state index is 5.02. The molecule has 1 fully saturated rings. The maximum Gasteiger partial charge on any atom is 0.114 e. The Labute approximate surface area is 179 Å². The topological polar surface area (TPSA) is 17.8 Å². The number of hydrogen-bond donors (Lipinski definition) is 0. The van der Waals surface area contributed by atoms with Gasteiger partial charge in [0.1, 0.15) is 5.82 Å². The zero-order valence-electron chi connectivity index (χ0n) is 17.6. The van der Waals surface area contributed by atoms with Crippen LogP contribution in [0.4, 0.5) is 0 Å². The number of aromatic nitrogens is 2. The van der Waals surface area contributed by atoms with Crippen LogP contribution in [0.25, 0.3) is 22.2 Å². The van der Waals surface area contributed by atoms with Crippen molar-refractivity contribution in [3.63, 3.8) is 0 Å². The lowest BCUT2D eigenvalue weighted by atomic mass is 9.87. The van der Waals surface area contributed by atoms with E-state index in [1.807, 2.05) is 0 Å². The van der Waals surface area contributed by atoms with Gasteiger partial charge >= 0.3 is 0 Å². The lowest BCUT2D eigenvalue weighted by Crippen LogP contribution is -2.12. The molecule has 5 rings (SSSR count). The number of hydrogen-bond acceptors (Lipinski definition) is 1. The molecule has 30 heavy (non-hydrogen) atoms. The van der Waals surface area contributed by atoms with E-state index >= 15 is 0 Å². The first-order valence-corrected chi connectivity index (χ1v) is 11.5. The normalized spacial score (nSPS) is 14.9. The molecule has 2 heteroatoms. The Kier molecular flexibility index (Phi) is 5.65. The first kappa shape index (κ1) is 19.1. The molecule has 0 amide bonds. The summed E-state index contributed by atoms with van der Waals surface area (Å²) in [6.45, 7) is 1.09. The minimum absolute atomic E-state index is 0.883. The Hall–Kier alpha value is -2.87. The second-order valence-electron chi connectivity index (χ2n) is 8.70. The molecule has 0 radical (unpaired) electrons. The van der Waals surface area contributed by atoms with E-state index < -0.39 is 0 Å². The molecule has 2 nitrogen and oxygen atoms in total. The zero-order valence-corrected chi connectivity index (χ0v) is 17.6. The van der Waals surface area contributed by atoms with E-state index in [0.717, 1.165) is 24.4 Å². The quantitative estimate of drug-likeness (QED) is 0.336. The van der Waals surface area contributed by atoms with Gasteiger partial charge in [0.25, 0.3) is 0 Å². The highest BCUT2D eigenvalue weighted by atomic mass is 15.1. The van der Waals surface area contributed by atoms with Crippen molar-refractivity contribution in [2.75, 3.05) is 0 Å². The van der Waals surface area contributed by atoms with Crippen LogP contribution >= 0.6 is 0 Å². The van der Waals surface area contributed by atoms with Gasteiger partial charge in [0.2, 0.25) is 0 Å². The molecule has 0 unspecified atom stereocenters. The molecule has 4 aromatic rings. The molecule has 0 spiro atoms. The molecular formula is C28H30N2. The number of aryl methyl sites for hydroxylation is 1. The van der Waals surface area contributed by atoms with E-state index in [9.17, 15) is 0 Å². The monoisotopic (exact) mass is 394 g/mol. The van der Waals surface area contributed by atoms with Crippen LogP contribution in [0, 0.1) is 5.92 Å². The fourth-order valence-electron chi connectivity index (χ4n) is 4.93. The van der Waals surface area contributed by atoms with Crippen LogP contribution in [-0.2, 0) is 13.0 Å². The molecule has 1 saturated carbocycles. The second-order valence-corrected chi connectivity index (χ2v) is 8.70. The first-order valence-electron chi connectivity index (χ1n) is 11.5. The van der Waals surface area contributed by atoms with Gasteiger partial charge < -0.3 is 4.57 Å². The van der Waals surface area contributed by atoms with Crippen molar-refractivity contribution < 1.29 is 0 Å². The van der Waals surface area contributed by atoms with Gasteiger partial charge in [-0.2, -0.15) is 0 Å². The van der Waals surface area contributed by atoms with Crippen LogP contribution in [0.15, 0.2) is 78.9 Å². The van der Waals surface area contributed by atoms with Crippen molar-refractivity contribution in [2.24, 2.45) is 5.92 Å². The van der Waals surface area contributed by atoms with E-state index in [2.05, 4.69) is 83.4 Å². The first-order chi connectivity index (χ1) is 14.9. The summed E-state index contributed by atoms with van der Waals surface area (Å²) in [5, 5.41) is 0. The van der Waals surface area contributed by atoms with Gasteiger partial charge in [0.15, 0.2) is 0 Å². The number of para-hydroxylation sites is 2. The SMILES string of the molecule is c1ccc(-c2ccc(Cc3nc4ccccc4n3CCC3CCCCC3)cc2)cc1. The van der Waals surface area contributed by atoms with Crippen LogP contribution in [0.5, 0.6) is 0 Å². The average molecular weight is 395 g/mol. The molecular weight excluding hydrogens is 364 g/mol. The second kappa shape index (κ2) is 8.87. The van der Waals surface area contributed by atoms with E-state index in [1.165, 1.54) is 66.6 Å². The lowest BCUT2D eigenvalue weighted by Gasteiger charge is -2.22. The van der Waals surface area contributed by atoms with Crippen LogP contribution in [0.2, 0.25) is 0 Å². The van der Waals surface area contributed by atoms with E-state index in [0.29, 0.717) is 0 Å². The standard InChI is InChI=1S/C28H30N2/c1-3-9-22(10-4-1)19-20-30-27-14-8-7-13-26(27)29-28(30)21-23-15-17-25(18-16-23)24-11-5-2-6-12-24/h2,5-8,11-18,22H,1,3-4,9-10,19-21H2. The molecule has 1 aromatic heterocycles. The zero-order chi connectivity index (χ0) is 20.2. The molecule has 3 aromatic carbocycles. The number of nitrogens with zero attached hydrogens (tertiary/aromatic N) is 2. The predicted molar refractivity (Wildman–Crippen MR) is 126 cm³/mol. The van der Waals surface area contributed by atoms with Crippen molar-refractivity contribution in [1.29, 1.82) is 0 Å². The number of imidazole rings is 1. The number of benzene rings is 3. The van der Waals surface area contributed by atoms with Crippen molar-refractivity contribution >= 4 is 11.0 Å². The Bertz CT molecular complexity index is 1090. The van der Waals surface area contributed by atoms with Crippen molar-refractivity contribution in [3.05, 3.63) is 90.3 Å². The largest absolute Gasteiger partial charge is 0.328 e. The molecule has 0 aliphatic heterocycles. The Morgan fingerprint density at radius 3 is 2.23 bits per heavy atom. The molecule has 0 saturated heterocycles. The average Bonchev–Trinajstić information content (AvgIpc) is 3.16. The summed E-state index contributed by atoms with van der Waals surface area (Å²) >= 11 is 0. The summed E-state index contributed by atoms with van der Waals surface area (Å²) in [6, 6.07) is 28.2. The summed E-state index contributed by atoms with van der Waals surface area (Å²) in [7, 11) is 0. The van der Waals surface area contributed by atoms with Crippen LogP contribution < -0.4 is 0 Å². The highest BCUT2D eigenvalue weighted by molar-refractivity contribution is 5.76. The third kappa shape index (κ3) is 4.18. The highest BCUT2D eigenvalue weighted by Crippen LogP contribution is 2.28. The molecule has 0 atom stereocenters. The summed E-state index contributed by atoms with van der Waals surface area (Å²) in [5.41, 5.74) is 6.26. The minimum Gasteiger partial charge on any atom is -0.328 e. The fraction of sp³-hybridized carbons (Fsp3) is 0.321. The van der Waals surface area contributed by atoms with Gasteiger partial charge in [0, 0.05) is 13.0 Å². The minimum atomic E-state index is 0.883. The van der Waals surface area contributed by atoms with E-state index in [4.69, 9.17) is 4.98 Å². The summed E-state index contributed by atoms with van der Waals surface area (Å²) in [5.74, 6) is 2.08. The molecule has 152 valence electrons. The highest BCUT2D eigenvalue weighted by Gasteiger charge is 2.16. The Morgan fingerprint density at radius 2 is 1.43 bits per heavy atom. The smallest absolute Gasteiger partial charge is 0.114 e.